The molecule has 1 nitrogen and oxygen atoms in total. The van der Waals surface area contributed by atoms with Crippen molar-refractivity contribution in [3.63, 3.8) is 0 Å². The SMILES string of the molecule is C=C(N)C(c1ccccc1)(c1ccccc1)c1ccccc1Cl. The first-order chi connectivity index (χ1) is 11.2. The first kappa shape index (κ1) is 15.4. The minimum absolute atomic E-state index is 0.544. The summed E-state index contributed by atoms with van der Waals surface area (Å²) in [6.45, 7) is 4.12. The van der Waals surface area contributed by atoms with Crippen molar-refractivity contribution in [2.24, 2.45) is 5.73 Å². The zero-order chi connectivity index (χ0) is 16.3. The molecule has 3 aromatic carbocycles. The largest absolute Gasteiger partial charge is 0.401 e. The Morgan fingerprint density at radius 3 is 1.61 bits per heavy atom. The molecular formula is C21H18ClN. The van der Waals surface area contributed by atoms with Gasteiger partial charge in [0.15, 0.2) is 0 Å². The van der Waals surface area contributed by atoms with E-state index < -0.39 is 5.41 Å². The van der Waals surface area contributed by atoms with Crippen molar-refractivity contribution >= 4 is 11.6 Å². The summed E-state index contributed by atoms with van der Waals surface area (Å²) in [6, 6.07) is 28.1. The molecule has 0 aromatic heterocycles. The van der Waals surface area contributed by atoms with Crippen LogP contribution in [0.25, 0.3) is 0 Å². The predicted molar refractivity (Wildman–Crippen MR) is 97.5 cm³/mol. The third kappa shape index (κ3) is 2.54. The lowest BCUT2D eigenvalue weighted by atomic mass is 9.67. The zero-order valence-electron chi connectivity index (χ0n) is 12.7. The lowest BCUT2D eigenvalue weighted by Gasteiger charge is -2.36. The van der Waals surface area contributed by atoms with Gasteiger partial charge in [0.25, 0.3) is 0 Å². The van der Waals surface area contributed by atoms with Crippen LogP contribution in [0.3, 0.4) is 0 Å². The maximum atomic E-state index is 6.56. The van der Waals surface area contributed by atoms with Crippen molar-refractivity contribution in [3.05, 3.63) is 119 Å². The van der Waals surface area contributed by atoms with Gasteiger partial charge in [-0.3, -0.25) is 0 Å². The van der Waals surface area contributed by atoms with Crippen LogP contribution in [0.4, 0.5) is 0 Å². The molecule has 2 N–H and O–H groups in total. The smallest absolute Gasteiger partial charge is 0.0854 e. The van der Waals surface area contributed by atoms with Gasteiger partial charge in [0.1, 0.15) is 0 Å². The molecule has 2 heteroatoms. The zero-order valence-corrected chi connectivity index (χ0v) is 13.5. The second-order valence-electron chi connectivity index (χ2n) is 5.49. The van der Waals surface area contributed by atoms with Gasteiger partial charge in [0, 0.05) is 10.7 Å². The van der Waals surface area contributed by atoms with E-state index >= 15 is 0 Å². The topological polar surface area (TPSA) is 26.0 Å². The van der Waals surface area contributed by atoms with Crippen LogP contribution in [-0.4, -0.2) is 0 Å². The minimum Gasteiger partial charge on any atom is -0.401 e. The Kier molecular flexibility index (Phi) is 4.22. The van der Waals surface area contributed by atoms with Crippen LogP contribution in [0, 0.1) is 0 Å². The van der Waals surface area contributed by atoms with Crippen molar-refractivity contribution in [1.29, 1.82) is 0 Å². The maximum absolute atomic E-state index is 6.56. The van der Waals surface area contributed by atoms with Gasteiger partial charge < -0.3 is 5.73 Å². The second kappa shape index (κ2) is 6.31. The Bertz CT molecular complexity index is 770. The van der Waals surface area contributed by atoms with Gasteiger partial charge in [-0.1, -0.05) is 97.0 Å². The molecule has 23 heavy (non-hydrogen) atoms. The Morgan fingerprint density at radius 2 is 1.17 bits per heavy atom. The van der Waals surface area contributed by atoms with Crippen LogP contribution in [0.1, 0.15) is 16.7 Å². The van der Waals surface area contributed by atoms with Gasteiger partial charge in [0.05, 0.1) is 5.41 Å². The molecule has 3 rings (SSSR count). The van der Waals surface area contributed by atoms with Crippen molar-refractivity contribution in [3.8, 4) is 0 Å². The van der Waals surface area contributed by atoms with Gasteiger partial charge in [-0.15, -0.1) is 0 Å². The standard InChI is InChI=1S/C21H18ClN/c1-16(23)21(17-10-4-2-5-11-17,18-12-6-3-7-13-18)19-14-8-9-15-20(19)22/h2-15H,1,23H2. The summed E-state index contributed by atoms with van der Waals surface area (Å²) in [4.78, 5) is 0. The lowest BCUT2D eigenvalue weighted by molar-refractivity contribution is 0.718. The number of hydrogen-bond acceptors (Lipinski definition) is 1. The molecule has 0 spiro atoms. The highest BCUT2D eigenvalue weighted by Crippen LogP contribution is 2.45. The highest BCUT2D eigenvalue weighted by atomic mass is 35.5. The highest BCUT2D eigenvalue weighted by molar-refractivity contribution is 6.31. The van der Waals surface area contributed by atoms with Crippen LogP contribution in [0.15, 0.2) is 97.2 Å². The monoisotopic (exact) mass is 319 g/mol. The average Bonchev–Trinajstić information content (AvgIpc) is 2.59. The van der Waals surface area contributed by atoms with E-state index in [9.17, 15) is 0 Å². The fourth-order valence-corrected chi connectivity index (χ4v) is 3.44. The summed E-state index contributed by atoms with van der Waals surface area (Å²) in [5.74, 6) is 0. The van der Waals surface area contributed by atoms with Crippen LogP contribution >= 0.6 is 11.6 Å². The lowest BCUT2D eigenvalue weighted by Crippen LogP contribution is -2.35. The molecule has 0 bridgehead atoms. The van der Waals surface area contributed by atoms with E-state index in [0.29, 0.717) is 10.7 Å². The molecule has 0 aliphatic rings. The summed E-state index contributed by atoms with van der Waals surface area (Å²) >= 11 is 6.56. The Labute approximate surface area is 142 Å². The van der Waals surface area contributed by atoms with Crippen molar-refractivity contribution in [2.45, 2.75) is 5.41 Å². The summed E-state index contributed by atoms with van der Waals surface area (Å²) in [7, 11) is 0. The van der Waals surface area contributed by atoms with Gasteiger partial charge >= 0.3 is 0 Å². The number of allylic oxidation sites excluding steroid dienone is 1. The van der Waals surface area contributed by atoms with Crippen molar-refractivity contribution in [1.82, 2.24) is 0 Å². The molecule has 0 saturated heterocycles. The average molecular weight is 320 g/mol. The first-order valence-electron chi connectivity index (χ1n) is 7.48. The van der Waals surface area contributed by atoms with E-state index in [1.54, 1.807) is 0 Å². The second-order valence-corrected chi connectivity index (χ2v) is 5.89. The highest BCUT2D eigenvalue weighted by Gasteiger charge is 2.39. The van der Waals surface area contributed by atoms with Crippen LogP contribution in [-0.2, 0) is 5.41 Å². The molecule has 114 valence electrons. The van der Waals surface area contributed by atoms with Crippen LogP contribution in [0.2, 0.25) is 5.02 Å². The third-order valence-electron chi connectivity index (χ3n) is 4.17. The summed E-state index contributed by atoms with van der Waals surface area (Å²) < 4.78 is 0. The van der Waals surface area contributed by atoms with E-state index in [4.69, 9.17) is 17.3 Å². The van der Waals surface area contributed by atoms with E-state index in [1.165, 1.54) is 0 Å². The van der Waals surface area contributed by atoms with E-state index in [0.717, 1.165) is 16.7 Å². The number of rotatable bonds is 4. The molecule has 0 aliphatic carbocycles. The molecule has 0 atom stereocenters. The van der Waals surface area contributed by atoms with Crippen molar-refractivity contribution < 1.29 is 0 Å². The van der Waals surface area contributed by atoms with Crippen molar-refractivity contribution in [2.75, 3.05) is 0 Å². The molecular weight excluding hydrogens is 302 g/mol. The third-order valence-corrected chi connectivity index (χ3v) is 4.50. The van der Waals surface area contributed by atoms with Gasteiger partial charge in [-0.05, 0) is 22.8 Å². The molecule has 3 aromatic rings. The molecule has 0 fully saturated rings. The number of hydrogen-bond donors (Lipinski definition) is 1. The number of nitrogens with two attached hydrogens (primary N) is 1. The minimum atomic E-state index is -0.680. The maximum Gasteiger partial charge on any atom is 0.0854 e. The van der Waals surface area contributed by atoms with Crippen LogP contribution < -0.4 is 5.73 Å². The van der Waals surface area contributed by atoms with Gasteiger partial charge in [0.2, 0.25) is 0 Å². The molecule has 0 unspecified atom stereocenters. The number of halogens is 1. The van der Waals surface area contributed by atoms with Gasteiger partial charge in [-0.2, -0.15) is 0 Å². The summed E-state index contributed by atoms with van der Waals surface area (Å²) in [6.07, 6.45) is 0. The summed E-state index contributed by atoms with van der Waals surface area (Å²) in [5.41, 5.74) is 9.28. The quantitative estimate of drug-likeness (QED) is 0.661. The van der Waals surface area contributed by atoms with Crippen LogP contribution in [0.5, 0.6) is 0 Å². The van der Waals surface area contributed by atoms with E-state index in [1.807, 2.05) is 60.7 Å². The normalized spacial score (nSPS) is 11.2. The van der Waals surface area contributed by atoms with E-state index in [2.05, 4.69) is 30.8 Å². The molecule has 0 radical (unpaired) electrons. The fraction of sp³-hybridized carbons (Fsp3) is 0.0476. The first-order valence-corrected chi connectivity index (χ1v) is 7.86. The fourth-order valence-electron chi connectivity index (χ4n) is 3.16. The molecule has 0 aliphatic heterocycles. The Balaban J connectivity index is 2.42. The molecule has 0 heterocycles. The number of benzene rings is 3. The molecule has 0 amide bonds. The Morgan fingerprint density at radius 1 is 0.739 bits per heavy atom. The predicted octanol–water partition coefficient (Wildman–Crippen LogP) is 5.15. The molecule has 0 saturated carbocycles. The summed E-state index contributed by atoms with van der Waals surface area (Å²) in [5, 5.41) is 0.673. The van der Waals surface area contributed by atoms with E-state index in [-0.39, 0.29) is 0 Å². The van der Waals surface area contributed by atoms with Gasteiger partial charge in [-0.25, -0.2) is 0 Å². The Hall–Kier alpha value is -2.51.